The standard InChI is InChI=1S/C13H15BrN2O3S/c14-12-4-2-1-3-11(12)8-15-16-13(17)7-10-5-6-20(18,19)9-10/h1-4,8,10H,5-7,9H2,(H,16,17)/b15-8-/t10-/m0/s1. The van der Waals surface area contributed by atoms with Gasteiger partial charge in [-0.05, 0) is 18.4 Å². The Morgan fingerprint density at radius 2 is 2.20 bits per heavy atom. The van der Waals surface area contributed by atoms with E-state index in [9.17, 15) is 13.2 Å². The van der Waals surface area contributed by atoms with E-state index in [4.69, 9.17) is 0 Å². The Kier molecular flexibility index (Phi) is 4.93. The molecule has 0 bridgehead atoms. The van der Waals surface area contributed by atoms with Crippen LogP contribution in [-0.4, -0.2) is 32.0 Å². The Morgan fingerprint density at radius 3 is 2.85 bits per heavy atom. The molecular weight excluding hydrogens is 344 g/mol. The highest BCUT2D eigenvalue weighted by molar-refractivity contribution is 9.10. The molecule has 5 nitrogen and oxygen atoms in total. The number of nitrogens with one attached hydrogen (secondary N) is 1. The summed E-state index contributed by atoms with van der Waals surface area (Å²) in [5.74, 6) is -0.0476. The molecule has 1 saturated heterocycles. The van der Waals surface area contributed by atoms with Crippen LogP contribution in [0.25, 0.3) is 0 Å². The van der Waals surface area contributed by atoms with E-state index in [0.717, 1.165) is 10.0 Å². The van der Waals surface area contributed by atoms with Crippen molar-refractivity contribution in [2.45, 2.75) is 12.8 Å². The zero-order valence-electron chi connectivity index (χ0n) is 10.8. The molecule has 0 radical (unpaired) electrons. The number of carbonyl (C=O) groups excluding carboxylic acids is 1. The zero-order valence-corrected chi connectivity index (χ0v) is 13.2. The van der Waals surface area contributed by atoms with E-state index in [1.165, 1.54) is 0 Å². The van der Waals surface area contributed by atoms with Gasteiger partial charge in [-0.25, -0.2) is 13.8 Å². The molecule has 0 spiro atoms. The molecule has 1 fully saturated rings. The molecule has 1 atom stereocenters. The van der Waals surface area contributed by atoms with E-state index >= 15 is 0 Å². The van der Waals surface area contributed by atoms with Crippen LogP contribution in [0.2, 0.25) is 0 Å². The minimum Gasteiger partial charge on any atom is -0.273 e. The van der Waals surface area contributed by atoms with E-state index in [1.807, 2.05) is 24.3 Å². The Morgan fingerprint density at radius 1 is 1.45 bits per heavy atom. The number of sulfone groups is 1. The van der Waals surface area contributed by atoms with Crippen LogP contribution < -0.4 is 5.43 Å². The Hall–Kier alpha value is -1.21. The maximum atomic E-state index is 11.7. The van der Waals surface area contributed by atoms with Gasteiger partial charge >= 0.3 is 0 Å². The number of hydrogen-bond donors (Lipinski definition) is 1. The van der Waals surface area contributed by atoms with Gasteiger partial charge in [-0.15, -0.1) is 0 Å². The lowest BCUT2D eigenvalue weighted by molar-refractivity contribution is -0.121. The fourth-order valence-corrected chi connectivity index (χ4v) is 4.34. The third kappa shape index (κ3) is 4.42. The first-order valence-electron chi connectivity index (χ1n) is 6.23. The summed E-state index contributed by atoms with van der Waals surface area (Å²) in [4.78, 5) is 11.7. The van der Waals surface area contributed by atoms with Gasteiger partial charge in [-0.2, -0.15) is 5.10 Å². The second-order valence-electron chi connectivity index (χ2n) is 4.79. The molecule has 1 aliphatic heterocycles. The first-order valence-corrected chi connectivity index (χ1v) is 8.84. The number of hydrogen-bond acceptors (Lipinski definition) is 4. The number of rotatable bonds is 4. The first-order chi connectivity index (χ1) is 9.46. The van der Waals surface area contributed by atoms with E-state index in [2.05, 4.69) is 26.5 Å². The smallest absolute Gasteiger partial charge is 0.240 e. The van der Waals surface area contributed by atoms with Crippen LogP contribution in [-0.2, 0) is 14.6 Å². The van der Waals surface area contributed by atoms with E-state index in [-0.39, 0.29) is 29.8 Å². The molecule has 108 valence electrons. The molecular formula is C13H15BrN2O3S. The van der Waals surface area contributed by atoms with Gasteiger partial charge in [0, 0.05) is 16.5 Å². The summed E-state index contributed by atoms with van der Waals surface area (Å²) < 4.78 is 23.5. The molecule has 2 rings (SSSR count). The summed E-state index contributed by atoms with van der Waals surface area (Å²) in [7, 11) is -2.93. The molecule has 20 heavy (non-hydrogen) atoms. The highest BCUT2D eigenvalue weighted by atomic mass is 79.9. The molecule has 1 aliphatic rings. The van der Waals surface area contributed by atoms with Crippen molar-refractivity contribution in [2.24, 2.45) is 11.0 Å². The maximum Gasteiger partial charge on any atom is 0.240 e. The van der Waals surface area contributed by atoms with E-state index in [0.29, 0.717) is 6.42 Å². The van der Waals surface area contributed by atoms with Crippen LogP contribution >= 0.6 is 15.9 Å². The van der Waals surface area contributed by atoms with Crippen LogP contribution in [0.1, 0.15) is 18.4 Å². The fourth-order valence-electron chi connectivity index (χ4n) is 2.09. The van der Waals surface area contributed by atoms with Crippen molar-refractivity contribution in [3.05, 3.63) is 34.3 Å². The highest BCUT2D eigenvalue weighted by Gasteiger charge is 2.29. The van der Waals surface area contributed by atoms with Gasteiger partial charge in [0.15, 0.2) is 9.84 Å². The lowest BCUT2D eigenvalue weighted by Crippen LogP contribution is -2.21. The molecule has 1 amide bonds. The van der Waals surface area contributed by atoms with Gasteiger partial charge in [-0.1, -0.05) is 34.1 Å². The van der Waals surface area contributed by atoms with Crippen LogP contribution in [0.4, 0.5) is 0 Å². The van der Waals surface area contributed by atoms with Crippen molar-refractivity contribution in [1.29, 1.82) is 0 Å². The number of amides is 1. The normalized spacial score (nSPS) is 21.1. The topological polar surface area (TPSA) is 75.6 Å². The predicted octanol–water partition coefficient (Wildman–Crippen LogP) is 1.72. The van der Waals surface area contributed by atoms with Gasteiger partial charge in [0.05, 0.1) is 17.7 Å². The largest absolute Gasteiger partial charge is 0.273 e. The minimum atomic E-state index is -2.93. The summed E-state index contributed by atoms with van der Waals surface area (Å²) in [6.45, 7) is 0. The van der Waals surface area contributed by atoms with E-state index < -0.39 is 9.84 Å². The van der Waals surface area contributed by atoms with Crippen molar-refractivity contribution in [3.63, 3.8) is 0 Å². The van der Waals surface area contributed by atoms with Gasteiger partial charge in [0.25, 0.3) is 0 Å². The van der Waals surface area contributed by atoms with E-state index in [1.54, 1.807) is 6.21 Å². The summed E-state index contributed by atoms with van der Waals surface area (Å²) in [5, 5.41) is 3.88. The lowest BCUT2D eigenvalue weighted by atomic mass is 10.1. The van der Waals surface area contributed by atoms with Crippen molar-refractivity contribution < 1.29 is 13.2 Å². The molecule has 0 saturated carbocycles. The molecule has 1 aromatic rings. The van der Waals surface area contributed by atoms with Gasteiger partial charge in [0.1, 0.15) is 0 Å². The quantitative estimate of drug-likeness (QED) is 0.657. The van der Waals surface area contributed by atoms with Crippen LogP contribution in [0.5, 0.6) is 0 Å². The van der Waals surface area contributed by atoms with Gasteiger partial charge in [-0.3, -0.25) is 4.79 Å². The molecule has 0 aliphatic carbocycles. The molecule has 0 aromatic heterocycles. The number of carbonyl (C=O) groups is 1. The second kappa shape index (κ2) is 6.49. The Balaban J connectivity index is 1.83. The SMILES string of the molecule is O=C(C[C@@H]1CCS(=O)(=O)C1)N/N=C\c1ccccc1Br. The van der Waals surface area contributed by atoms with Gasteiger partial charge < -0.3 is 0 Å². The van der Waals surface area contributed by atoms with Crippen LogP contribution in [0.3, 0.4) is 0 Å². The summed E-state index contributed by atoms with van der Waals surface area (Å²) in [6.07, 6.45) is 2.31. The molecule has 1 aromatic carbocycles. The van der Waals surface area contributed by atoms with Gasteiger partial charge in [0.2, 0.25) is 5.91 Å². The summed E-state index contributed by atoms with van der Waals surface area (Å²) in [6, 6.07) is 7.51. The van der Waals surface area contributed by atoms with Crippen molar-refractivity contribution in [1.82, 2.24) is 5.43 Å². The summed E-state index contributed by atoms with van der Waals surface area (Å²) in [5.41, 5.74) is 3.29. The third-order valence-electron chi connectivity index (χ3n) is 3.10. The number of halogens is 1. The first kappa shape index (κ1) is 15.2. The fraction of sp³-hybridized carbons (Fsp3) is 0.385. The van der Waals surface area contributed by atoms with Crippen LogP contribution in [0.15, 0.2) is 33.8 Å². The van der Waals surface area contributed by atoms with Crippen molar-refractivity contribution >= 4 is 37.9 Å². The van der Waals surface area contributed by atoms with Crippen LogP contribution in [0, 0.1) is 5.92 Å². The average Bonchev–Trinajstić information content (AvgIpc) is 2.71. The highest BCUT2D eigenvalue weighted by Crippen LogP contribution is 2.21. The predicted molar refractivity (Wildman–Crippen MR) is 81.3 cm³/mol. The average molecular weight is 359 g/mol. The molecule has 7 heteroatoms. The maximum absolute atomic E-state index is 11.7. The Bertz CT molecular complexity index is 628. The zero-order chi connectivity index (χ0) is 14.6. The van der Waals surface area contributed by atoms with Crippen molar-refractivity contribution in [2.75, 3.05) is 11.5 Å². The monoisotopic (exact) mass is 358 g/mol. The number of benzene rings is 1. The number of nitrogens with zero attached hydrogens (tertiary/aromatic N) is 1. The second-order valence-corrected chi connectivity index (χ2v) is 7.87. The van der Waals surface area contributed by atoms with Crippen molar-refractivity contribution in [3.8, 4) is 0 Å². The minimum absolute atomic E-state index is 0.0846. The molecule has 1 N–H and O–H groups in total. The molecule has 0 unspecified atom stereocenters. The third-order valence-corrected chi connectivity index (χ3v) is 5.66. The molecule has 1 heterocycles. The summed E-state index contributed by atoms with van der Waals surface area (Å²) >= 11 is 3.38. The Labute approximate surface area is 126 Å². The number of hydrazone groups is 1. The lowest BCUT2D eigenvalue weighted by Gasteiger charge is -2.05.